The van der Waals surface area contributed by atoms with E-state index in [4.69, 9.17) is 18.0 Å². The van der Waals surface area contributed by atoms with Crippen LogP contribution >= 0.6 is 11.6 Å². The SMILES string of the molecule is C#CCCCC(NCC)c1ccncc1Cl. The zero-order valence-electron chi connectivity index (χ0n) is 9.54. The summed E-state index contributed by atoms with van der Waals surface area (Å²) in [6.45, 7) is 3.00. The van der Waals surface area contributed by atoms with Gasteiger partial charge < -0.3 is 5.32 Å². The number of pyridine rings is 1. The first kappa shape index (κ1) is 13.0. The molecule has 1 N–H and O–H groups in total. The van der Waals surface area contributed by atoms with Crippen LogP contribution < -0.4 is 5.32 Å². The predicted octanol–water partition coefficient (Wildman–Crippen LogP) is 3.19. The Balaban J connectivity index is 2.69. The first-order valence-corrected chi connectivity index (χ1v) is 5.93. The molecule has 2 nitrogen and oxygen atoms in total. The van der Waals surface area contributed by atoms with Gasteiger partial charge in [-0.15, -0.1) is 12.3 Å². The molecule has 0 bridgehead atoms. The molecule has 1 rings (SSSR count). The summed E-state index contributed by atoms with van der Waals surface area (Å²) in [7, 11) is 0. The van der Waals surface area contributed by atoms with Crippen LogP contribution in [0.1, 0.15) is 37.8 Å². The van der Waals surface area contributed by atoms with E-state index in [9.17, 15) is 0 Å². The number of unbranched alkanes of at least 4 members (excludes halogenated alkanes) is 1. The van der Waals surface area contributed by atoms with Crippen molar-refractivity contribution in [1.82, 2.24) is 10.3 Å². The van der Waals surface area contributed by atoms with Gasteiger partial charge in [0.25, 0.3) is 0 Å². The predicted molar refractivity (Wildman–Crippen MR) is 68.3 cm³/mol. The molecule has 1 aromatic heterocycles. The average Bonchev–Trinajstić information content (AvgIpc) is 2.29. The molecule has 3 heteroatoms. The minimum atomic E-state index is 0.272. The van der Waals surface area contributed by atoms with Gasteiger partial charge in [0.05, 0.1) is 5.02 Å². The lowest BCUT2D eigenvalue weighted by Gasteiger charge is -2.18. The number of nitrogens with one attached hydrogen (secondary N) is 1. The lowest BCUT2D eigenvalue weighted by molar-refractivity contribution is 0.501. The molecule has 86 valence electrons. The Morgan fingerprint density at radius 2 is 2.44 bits per heavy atom. The molecule has 0 spiro atoms. The lowest BCUT2D eigenvalue weighted by Crippen LogP contribution is -2.21. The zero-order chi connectivity index (χ0) is 11.8. The highest BCUT2D eigenvalue weighted by Crippen LogP contribution is 2.25. The summed E-state index contributed by atoms with van der Waals surface area (Å²) in [6, 6.07) is 2.24. The normalized spacial score (nSPS) is 12.1. The van der Waals surface area contributed by atoms with Crippen molar-refractivity contribution in [2.24, 2.45) is 0 Å². The van der Waals surface area contributed by atoms with E-state index < -0.39 is 0 Å². The Bertz CT molecular complexity index is 357. The molecule has 1 heterocycles. The molecule has 0 saturated carbocycles. The van der Waals surface area contributed by atoms with E-state index >= 15 is 0 Å². The van der Waals surface area contributed by atoms with Crippen LogP contribution in [0.25, 0.3) is 0 Å². The van der Waals surface area contributed by atoms with E-state index in [0.717, 1.165) is 31.4 Å². The van der Waals surface area contributed by atoms with Crippen molar-refractivity contribution in [3.05, 3.63) is 29.0 Å². The third-order valence-electron chi connectivity index (χ3n) is 2.44. The molecule has 0 radical (unpaired) electrons. The maximum atomic E-state index is 6.12. The van der Waals surface area contributed by atoms with Crippen molar-refractivity contribution in [3.63, 3.8) is 0 Å². The van der Waals surface area contributed by atoms with Gasteiger partial charge in [0.1, 0.15) is 0 Å². The fourth-order valence-corrected chi connectivity index (χ4v) is 1.94. The maximum Gasteiger partial charge on any atom is 0.0637 e. The number of nitrogens with zero attached hydrogens (tertiary/aromatic N) is 1. The number of halogens is 1. The van der Waals surface area contributed by atoms with Crippen molar-refractivity contribution < 1.29 is 0 Å². The van der Waals surface area contributed by atoms with Crippen molar-refractivity contribution in [3.8, 4) is 12.3 Å². The third kappa shape index (κ3) is 3.84. The third-order valence-corrected chi connectivity index (χ3v) is 2.76. The van der Waals surface area contributed by atoms with Crippen molar-refractivity contribution in [2.75, 3.05) is 6.54 Å². The number of hydrogen-bond donors (Lipinski definition) is 1. The molecule has 0 aromatic carbocycles. The van der Waals surface area contributed by atoms with Crippen molar-refractivity contribution >= 4 is 11.6 Å². The topological polar surface area (TPSA) is 24.9 Å². The van der Waals surface area contributed by atoms with E-state index in [1.165, 1.54) is 0 Å². The van der Waals surface area contributed by atoms with E-state index in [1.807, 2.05) is 6.07 Å². The summed E-state index contributed by atoms with van der Waals surface area (Å²) in [4.78, 5) is 3.99. The van der Waals surface area contributed by atoms with Crippen LogP contribution in [0.3, 0.4) is 0 Å². The molecule has 1 unspecified atom stereocenters. The highest BCUT2D eigenvalue weighted by molar-refractivity contribution is 6.31. The van der Waals surface area contributed by atoms with E-state index in [-0.39, 0.29) is 6.04 Å². The minimum Gasteiger partial charge on any atom is -0.310 e. The first-order valence-electron chi connectivity index (χ1n) is 5.55. The van der Waals surface area contributed by atoms with Crippen LogP contribution in [0.15, 0.2) is 18.5 Å². The van der Waals surface area contributed by atoms with E-state index in [1.54, 1.807) is 12.4 Å². The summed E-state index contributed by atoms with van der Waals surface area (Å²) < 4.78 is 0. The van der Waals surface area contributed by atoms with Crippen LogP contribution in [-0.4, -0.2) is 11.5 Å². The molecule has 0 aliphatic carbocycles. The van der Waals surface area contributed by atoms with Gasteiger partial charge in [-0.25, -0.2) is 0 Å². The Hall–Kier alpha value is -1.04. The average molecular weight is 237 g/mol. The number of rotatable bonds is 6. The van der Waals surface area contributed by atoms with Gasteiger partial charge in [0.15, 0.2) is 0 Å². The molecule has 1 aromatic rings. The van der Waals surface area contributed by atoms with Crippen LogP contribution in [0.2, 0.25) is 5.02 Å². The number of terminal acetylenes is 1. The summed E-state index contributed by atoms with van der Waals surface area (Å²) in [5.74, 6) is 2.66. The highest BCUT2D eigenvalue weighted by atomic mass is 35.5. The molecule has 16 heavy (non-hydrogen) atoms. The van der Waals surface area contributed by atoms with Gasteiger partial charge >= 0.3 is 0 Å². The largest absolute Gasteiger partial charge is 0.310 e. The van der Waals surface area contributed by atoms with Crippen LogP contribution in [0.4, 0.5) is 0 Å². The van der Waals surface area contributed by atoms with E-state index in [0.29, 0.717) is 5.02 Å². The smallest absolute Gasteiger partial charge is 0.0637 e. The molecule has 0 amide bonds. The first-order chi connectivity index (χ1) is 7.79. The van der Waals surface area contributed by atoms with Gasteiger partial charge in [-0.1, -0.05) is 18.5 Å². The van der Waals surface area contributed by atoms with Gasteiger partial charge in [-0.05, 0) is 31.0 Å². The second-order valence-corrected chi connectivity index (χ2v) is 4.01. The quantitative estimate of drug-likeness (QED) is 0.606. The standard InChI is InChI=1S/C13H17ClN2/c1-3-5-6-7-13(16-4-2)11-8-9-15-10-12(11)14/h1,8-10,13,16H,4-7H2,2H3. The Morgan fingerprint density at radius 1 is 1.62 bits per heavy atom. The van der Waals surface area contributed by atoms with Gasteiger partial charge in [-0.2, -0.15) is 0 Å². The molecule has 1 atom stereocenters. The van der Waals surface area contributed by atoms with Gasteiger partial charge in [-0.3, -0.25) is 4.98 Å². The Labute approximate surface area is 102 Å². The molecule has 0 aliphatic rings. The van der Waals surface area contributed by atoms with Crippen LogP contribution in [-0.2, 0) is 0 Å². The molecule has 0 saturated heterocycles. The number of aromatic nitrogens is 1. The fraction of sp³-hybridized carbons (Fsp3) is 0.462. The van der Waals surface area contributed by atoms with Gasteiger partial charge in [0, 0.05) is 24.9 Å². The summed E-state index contributed by atoms with van der Waals surface area (Å²) in [5, 5.41) is 4.13. The van der Waals surface area contributed by atoms with Crippen LogP contribution in [0.5, 0.6) is 0 Å². The molecular formula is C13H17ClN2. The molecule has 0 aliphatic heterocycles. The highest BCUT2D eigenvalue weighted by Gasteiger charge is 2.12. The van der Waals surface area contributed by atoms with Gasteiger partial charge in [0.2, 0.25) is 0 Å². The van der Waals surface area contributed by atoms with E-state index in [2.05, 4.69) is 23.1 Å². The zero-order valence-corrected chi connectivity index (χ0v) is 10.3. The fourth-order valence-electron chi connectivity index (χ4n) is 1.69. The summed E-state index contributed by atoms with van der Waals surface area (Å²) in [5.41, 5.74) is 1.11. The lowest BCUT2D eigenvalue weighted by atomic mass is 10.0. The monoisotopic (exact) mass is 236 g/mol. The second-order valence-electron chi connectivity index (χ2n) is 3.60. The number of hydrogen-bond acceptors (Lipinski definition) is 2. The summed E-state index contributed by atoms with van der Waals surface area (Å²) in [6.07, 6.45) is 11.5. The van der Waals surface area contributed by atoms with Crippen LogP contribution in [0, 0.1) is 12.3 Å². The van der Waals surface area contributed by atoms with Crippen molar-refractivity contribution in [2.45, 2.75) is 32.2 Å². The second kappa shape index (κ2) is 7.27. The Kier molecular flexibility index (Phi) is 5.92. The minimum absolute atomic E-state index is 0.272. The summed E-state index contributed by atoms with van der Waals surface area (Å²) >= 11 is 6.12. The molecular weight excluding hydrogens is 220 g/mol. The Morgan fingerprint density at radius 3 is 3.06 bits per heavy atom. The maximum absolute atomic E-state index is 6.12. The van der Waals surface area contributed by atoms with Crippen molar-refractivity contribution in [1.29, 1.82) is 0 Å². The molecule has 0 fully saturated rings.